The molecule has 0 aliphatic rings. The summed E-state index contributed by atoms with van der Waals surface area (Å²) in [4.78, 5) is 8.95. The second-order valence-electron chi connectivity index (χ2n) is 5.21. The molecule has 0 amide bonds. The number of aryl methyl sites for hydroxylation is 1. The van der Waals surface area contributed by atoms with Crippen molar-refractivity contribution in [3.8, 4) is 0 Å². The van der Waals surface area contributed by atoms with Crippen LogP contribution in [-0.4, -0.2) is 37.2 Å². The third-order valence-corrected chi connectivity index (χ3v) is 3.25. The highest BCUT2D eigenvalue weighted by Gasteiger charge is 2.00. The molecular formula is C17H30N4O. The van der Waals surface area contributed by atoms with Crippen molar-refractivity contribution in [2.45, 2.75) is 46.6 Å². The van der Waals surface area contributed by atoms with E-state index in [1.165, 1.54) is 12.0 Å². The largest absolute Gasteiger partial charge is 0.381 e. The molecule has 1 heterocycles. The predicted octanol–water partition coefficient (Wildman–Crippen LogP) is 2.65. The van der Waals surface area contributed by atoms with E-state index < -0.39 is 0 Å². The van der Waals surface area contributed by atoms with Gasteiger partial charge in [0, 0.05) is 32.5 Å². The van der Waals surface area contributed by atoms with E-state index in [0.717, 1.165) is 50.8 Å². The Kier molecular flexibility index (Phi) is 10.0. The molecular weight excluding hydrogens is 276 g/mol. The summed E-state index contributed by atoms with van der Waals surface area (Å²) in [7, 11) is 0. The molecule has 0 radical (unpaired) electrons. The van der Waals surface area contributed by atoms with Crippen LogP contribution in [0.1, 0.15) is 44.4 Å². The van der Waals surface area contributed by atoms with E-state index in [0.29, 0.717) is 6.54 Å². The molecule has 0 atom stereocenters. The monoisotopic (exact) mass is 306 g/mol. The summed E-state index contributed by atoms with van der Waals surface area (Å²) >= 11 is 0. The molecule has 1 aromatic rings. The molecule has 1 rings (SSSR count). The highest BCUT2D eigenvalue weighted by atomic mass is 16.5. The van der Waals surface area contributed by atoms with E-state index in [1.54, 1.807) is 0 Å². The van der Waals surface area contributed by atoms with Crippen LogP contribution in [0.15, 0.2) is 23.3 Å². The molecule has 2 N–H and O–H groups in total. The van der Waals surface area contributed by atoms with Crippen LogP contribution in [-0.2, 0) is 11.3 Å². The summed E-state index contributed by atoms with van der Waals surface area (Å²) in [5.74, 6) is 0.834. The molecule has 0 aromatic carbocycles. The van der Waals surface area contributed by atoms with E-state index in [-0.39, 0.29) is 0 Å². The number of ether oxygens (including phenoxy) is 1. The quantitative estimate of drug-likeness (QED) is 0.396. The Morgan fingerprint density at radius 1 is 1.23 bits per heavy atom. The highest BCUT2D eigenvalue weighted by Crippen LogP contribution is 2.04. The first-order valence-corrected chi connectivity index (χ1v) is 8.28. The van der Waals surface area contributed by atoms with Crippen LogP contribution in [0.4, 0.5) is 0 Å². The summed E-state index contributed by atoms with van der Waals surface area (Å²) in [6, 6.07) is 4.01. The number of rotatable bonds is 10. The number of aliphatic imine (C=N–C) groups is 1. The maximum atomic E-state index is 5.55. The molecule has 5 nitrogen and oxygen atoms in total. The Labute approximate surface area is 134 Å². The van der Waals surface area contributed by atoms with Gasteiger partial charge in [-0.25, -0.2) is 4.99 Å². The first-order chi connectivity index (χ1) is 10.8. The van der Waals surface area contributed by atoms with Crippen molar-refractivity contribution in [2.24, 2.45) is 4.99 Å². The van der Waals surface area contributed by atoms with Crippen LogP contribution in [0.2, 0.25) is 0 Å². The lowest BCUT2D eigenvalue weighted by atomic mass is 10.2. The Morgan fingerprint density at radius 2 is 2.05 bits per heavy atom. The molecule has 0 bridgehead atoms. The minimum atomic E-state index is 0.592. The minimum absolute atomic E-state index is 0.592. The maximum Gasteiger partial charge on any atom is 0.191 e. The Hall–Kier alpha value is -1.62. The Morgan fingerprint density at radius 3 is 2.77 bits per heavy atom. The lowest BCUT2D eigenvalue weighted by Gasteiger charge is -2.11. The number of nitrogens with zero attached hydrogens (tertiary/aromatic N) is 2. The predicted molar refractivity (Wildman–Crippen MR) is 92.1 cm³/mol. The summed E-state index contributed by atoms with van der Waals surface area (Å²) in [6.45, 7) is 10.3. The van der Waals surface area contributed by atoms with Crippen LogP contribution >= 0.6 is 0 Å². The van der Waals surface area contributed by atoms with Gasteiger partial charge >= 0.3 is 0 Å². The molecule has 0 aliphatic heterocycles. The number of aromatic nitrogens is 1. The molecule has 0 saturated heterocycles. The summed E-state index contributed by atoms with van der Waals surface area (Å²) in [6.07, 6.45) is 5.12. The van der Waals surface area contributed by atoms with Crippen molar-refractivity contribution in [3.05, 3.63) is 29.6 Å². The topological polar surface area (TPSA) is 58.5 Å². The van der Waals surface area contributed by atoms with Crippen LogP contribution in [0, 0.1) is 6.92 Å². The molecule has 1 aromatic heterocycles. The van der Waals surface area contributed by atoms with Crippen LogP contribution in [0.5, 0.6) is 0 Å². The van der Waals surface area contributed by atoms with E-state index in [4.69, 9.17) is 4.74 Å². The lowest BCUT2D eigenvalue weighted by molar-refractivity contribution is 0.129. The molecule has 5 heteroatoms. The second kappa shape index (κ2) is 12.0. The number of hydrogen-bond donors (Lipinski definition) is 2. The number of nitrogens with one attached hydrogen (secondary N) is 2. The van der Waals surface area contributed by atoms with Crippen molar-refractivity contribution in [3.63, 3.8) is 0 Å². The average molecular weight is 306 g/mol. The van der Waals surface area contributed by atoms with Crippen molar-refractivity contribution < 1.29 is 4.74 Å². The van der Waals surface area contributed by atoms with Gasteiger partial charge in [-0.05, 0) is 38.3 Å². The van der Waals surface area contributed by atoms with Gasteiger partial charge < -0.3 is 15.4 Å². The summed E-state index contributed by atoms with van der Waals surface area (Å²) in [5.41, 5.74) is 2.19. The summed E-state index contributed by atoms with van der Waals surface area (Å²) < 4.78 is 5.55. The maximum absolute atomic E-state index is 5.55. The zero-order valence-electron chi connectivity index (χ0n) is 14.2. The van der Waals surface area contributed by atoms with Crippen LogP contribution in [0.3, 0.4) is 0 Å². The van der Waals surface area contributed by atoms with E-state index in [2.05, 4.69) is 47.4 Å². The van der Waals surface area contributed by atoms with Gasteiger partial charge in [0.1, 0.15) is 0 Å². The van der Waals surface area contributed by atoms with Gasteiger partial charge in [-0.3, -0.25) is 4.98 Å². The zero-order chi connectivity index (χ0) is 16.0. The Balaban J connectivity index is 2.32. The van der Waals surface area contributed by atoms with Gasteiger partial charge in [0.25, 0.3) is 0 Å². The molecule has 0 spiro atoms. The standard InChI is InChI=1S/C17H30N4O/c1-4-6-12-22-13-8-11-20-17(18-5-2)21-14-16-15(3)9-7-10-19-16/h7,9-10H,4-6,8,11-14H2,1-3H3,(H2,18,20,21). The summed E-state index contributed by atoms with van der Waals surface area (Å²) in [5, 5.41) is 6.59. The Bertz CT molecular complexity index is 434. The van der Waals surface area contributed by atoms with Crippen LogP contribution in [0.25, 0.3) is 0 Å². The van der Waals surface area contributed by atoms with Gasteiger partial charge in [-0.1, -0.05) is 19.4 Å². The second-order valence-corrected chi connectivity index (χ2v) is 5.21. The van der Waals surface area contributed by atoms with Crippen molar-refractivity contribution in [1.29, 1.82) is 0 Å². The number of guanidine groups is 1. The van der Waals surface area contributed by atoms with E-state index in [9.17, 15) is 0 Å². The molecule has 0 saturated carbocycles. The molecule has 0 aliphatic carbocycles. The SMILES string of the molecule is CCCCOCCCNC(=NCc1ncccc1C)NCC. The fourth-order valence-electron chi connectivity index (χ4n) is 1.91. The van der Waals surface area contributed by atoms with Crippen molar-refractivity contribution in [2.75, 3.05) is 26.3 Å². The number of unbranched alkanes of at least 4 members (excludes halogenated alkanes) is 1. The average Bonchev–Trinajstić information content (AvgIpc) is 2.53. The van der Waals surface area contributed by atoms with Gasteiger partial charge in [0.05, 0.1) is 12.2 Å². The molecule has 22 heavy (non-hydrogen) atoms. The van der Waals surface area contributed by atoms with E-state index in [1.807, 2.05) is 12.3 Å². The normalized spacial score (nSPS) is 11.5. The fourth-order valence-corrected chi connectivity index (χ4v) is 1.91. The first kappa shape index (κ1) is 18.4. The number of pyridine rings is 1. The zero-order valence-corrected chi connectivity index (χ0v) is 14.2. The molecule has 124 valence electrons. The fraction of sp³-hybridized carbons (Fsp3) is 0.647. The number of hydrogen-bond acceptors (Lipinski definition) is 3. The lowest BCUT2D eigenvalue weighted by Crippen LogP contribution is -2.38. The van der Waals surface area contributed by atoms with Crippen molar-refractivity contribution >= 4 is 5.96 Å². The van der Waals surface area contributed by atoms with E-state index >= 15 is 0 Å². The van der Waals surface area contributed by atoms with Gasteiger partial charge in [0.2, 0.25) is 0 Å². The molecule has 0 fully saturated rings. The van der Waals surface area contributed by atoms with Gasteiger partial charge in [-0.15, -0.1) is 0 Å². The van der Waals surface area contributed by atoms with Crippen LogP contribution < -0.4 is 10.6 Å². The highest BCUT2D eigenvalue weighted by molar-refractivity contribution is 5.79. The van der Waals surface area contributed by atoms with Gasteiger partial charge in [0.15, 0.2) is 5.96 Å². The minimum Gasteiger partial charge on any atom is -0.381 e. The molecule has 0 unspecified atom stereocenters. The third kappa shape index (κ3) is 7.98. The van der Waals surface area contributed by atoms with Gasteiger partial charge in [-0.2, -0.15) is 0 Å². The first-order valence-electron chi connectivity index (χ1n) is 8.28. The van der Waals surface area contributed by atoms with Crippen molar-refractivity contribution in [1.82, 2.24) is 15.6 Å². The third-order valence-electron chi connectivity index (χ3n) is 3.25. The smallest absolute Gasteiger partial charge is 0.191 e.